The molecular weight excluding hydrogens is 352 g/mol. The van der Waals surface area contributed by atoms with Crippen molar-refractivity contribution in [3.8, 4) is 17.2 Å². The van der Waals surface area contributed by atoms with Crippen molar-refractivity contribution in [3.05, 3.63) is 59.8 Å². The molecule has 3 rings (SSSR count). The summed E-state index contributed by atoms with van der Waals surface area (Å²) in [6, 6.07) is 16.7. The van der Waals surface area contributed by atoms with Crippen LogP contribution in [0, 0.1) is 11.3 Å². The Balaban J connectivity index is 1.90. The van der Waals surface area contributed by atoms with Gasteiger partial charge in [0.25, 0.3) is 5.91 Å². The third-order valence-electron chi connectivity index (χ3n) is 4.81. The minimum Gasteiger partial charge on any atom is -0.393 e. The zero-order chi connectivity index (χ0) is 20.1. The van der Waals surface area contributed by atoms with Gasteiger partial charge >= 0.3 is 0 Å². The highest BCUT2D eigenvalue weighted by atomic mass is 16.3. The first-order chi connectivity index (χ1) is 13.5. The lowest BCUT2D eigenvalue weighted by Gasteiger charge is -2.16. The number of nitrogens with two attached hydrogens (primary N) is 1. The van der Waals surface area contributed by atoms with Crippen LogP contribution in [-0.2, 0) is 0 Å². The molecule has 144 valence electrons. The fraction of sp³-hybridized carbons (Fsp3) is 0.273. The van der Waals surface area contributed by atoms with E-state index in [1.54, 1.807) is 12.1 Å². The molecule has 0 bridgehead atoms. The lowest BCUT2D eigenvalue weighted by Crippen LogP contribution is -2.39. The van der Waals surface area contributed by atoms with E-state index in [9.17, 15) is 9.90 Å². The fourth-order valence-corrected chi connectivity index (χ4v) is 3.24. The Kier molecular flexibility index (Phi) is 6.09. The summed E-state index contributed by atoms with van der Waals surface area (Å²) in [5, 5.41) is 22.5. The number of aromatic nitrogens is 1. The van der Waals surface area contributed by atoms with Crippen molar-refractivity contribution in [1.29, 1.82) is 5.26 Å². The number of nitrogens with one attached hydrogen (secondary N) is 2. The molecule has 0 aliphatic carbocycles. The molecule has 1 heterocycles. The lowest BCUT2D eigenvalue weighted by atomic mass is 10.00. The summed E-state index contributed by atoms with van der Waals surface area (Å²) >= 11 is 0. The molecule has 0 fully saturated rings. The van der Waals surface area contributed by atoms with Crippen LogP contribution >= 0.6 is 0 Å². The predicted molar refractivity (Wildman–Crippen MR) is 110 cm³/mol. The summed E-state index contributed by atoms with van der Waals surface area (Å²) in [4.78, 5) is 16.1. The van der Waals surface area contributed by atoms with Gasteiger partial charge in [0.15, 0.2) is 0 Å². The summed E-state index contributed by atoms with van der Waals surface area (Å²) in [7, 11) is 0. The van der Waals surface area contributed by atoms with Crippen molar-refractivity contribution in [2.75, 3.05) is 6.54 Å². The van der Waals surface area contributed by atoms with Gasteiger partial charge in [0, 0.05) is 29.1 Å². The summed E-state index contributed by atoms with van der Waals surface area (Å²) in [5.41, 5.74) is 9.54. The van der Waals surface area contributed by atoms with Crippen molar-refractivity contribution in [2.24, 2.45) is 5.73 Å². The Hall–Kier alpha value is -3.14. The first kappa shape index (κ1) is 19.6. The van der Waals surface area contributed by atoms with Crippen LogP contribution in [0.25, 0.3) is 22.0 Å². The van der Waals surface area contributed by atoms with Gasteiger partial charge in [0.1, 0.15) is 5.69 Å². The number of hydrogen-bond acceptors (Lipinski definition) is 4. The molecule has 0 saturated heterocycles. The van der Waals surface area contributed by atoms with E-state index in [-0.39, 0.29) is 18.5 Å². The standard InChI is InChI=1S/C22H24N4O2/c1-2-17(27)11-16(24)13-25-22(28)21-20(15-9-7-14(12-23)8-10-15)18-5-3-4-6-19(18)26-21/h3-10,16-17,26-27H,2,11,13,24H2,1H3,(H,25,28)/t16-,17?/m0/s1. The number of benzene rings is 2. The van der Waals surface area contributed by atoms with Gasteiger partial charge in [-0.2, -0.15) is 5.26 Å². The van der Waals surface area contributed by atoms with Gasteiger partial charge in [-0.15, -0.1) is 0 Å². The van der Waals surface area contributed by atoms with Crippen molar-refractivity contribution >= 4 is 16.8 Å². The van der Waals surface area contributed by atoms with E-state index in [4.69, 9.17) is 11.0 Å². The van der Waals surface area contributed by atoms with Crippen LogP contribution < -0.4 is 11.1 Å². The van der Waals surface area contributed by atoms with Crippen LogP contribution in [0.1, 0.15) is 35.8 Å². The van der Waals surface area contributed by atoms with Crippen LogP contribution in [0.15, 0.2) is 48.5 Å². The first-order valence-corrected chi connectivity index (χ1v) is 9.36. The summed E-state index contributed by atoms with van der Waals surface area (Å²) in [6.07, 6.45) is 0.604. The number of carbonyl (C=O) groups is 1. The molecule has 5 N–H and O–H groups in total. The average molecular weight is 376 g/mol. The molecule has 1 amide bonds. The van der Waals surface area contributed by atoms with Crippen molar-refractivity contribution < 1.29 is 9.90 Å². The molecule has 6 nitrogen and oxygen atoms in total. The van der Waals surface area contributed by atoms with Crippen molar-refractivity contribution in [1.82, 2.24) is 10.3 Å². The van der Waals surface area contributed by atoms with Crippen LogP contribution in [0.5, 0.6) is 0 Å². The number of nitriles is 1. The van der Waals surface area contributed by atoms with Gasteiger partial charge < -0.3 is 21.1 Å². The van der Waals surface area contributed by atoms with Gasteiger partial charge in [-0.3, -0.25) is 4.79 Å². The number of fused-ring (bicyclic) bond motifs is 1. The van der Waals surface area contributed by atoms with Crippen molar-refractivity contribution in [3.63, 3.8) is 0 Å². The van der Waals surface area contributed by atoms with E-state index < -0.39 is 6.10 Å². The monoisotopic (exact) mass is 376 g/mol. The normalized spacial score (nSPS) is 13.1. The maximum atomic E-state index is 12.9. The Morgan fingerprint density at radius 3 is 2.64 bits per heavy atom. The van der Waals surface area contributed by atoms with Crippen LogP contribution in [0.4, 0.5) is 0 Å². The minimum atomic E-state index is -0.464. The molecule has 0 radical (unpaired) electrons. The van der Waals surface area contributed by atoms with Crippen LogP contribution in [-0.4, -0.2) is 34.7 Å². The number of rotatable bonds is 7. The number of nitrogens with zero attached hydrogens (tertiary/aromatic N) is 1. The Morgan fingerprint density at radius 2 is 1.96 bits per heavy atom. The zero-order valence-corrected chi connectivity index (χ0v) is 15.8. The molecule has 0 aliphatic heterocycles. The van der Waals surface area contributed by atoms with E-state index in [2.05, 4.69) is 16.4 Å². The summed E-state index contributed by atoms with van der Waals surface area (Å²) < 4.78 is 0. The molecule has 0 aliphatic rings. The zero-order valence-electron chi connectivity index (χ0n) is 15.8. The minimum absolute atomic E-state index is 0.253. The second-order valence-electron chi connectivity index (χ2n) is 6.88. The number of hydrogen-bond donors (Lipinski definition) is 4. The highest BCUT2D eigenvalue weighted by Crippen LogP contribution is 2.32. The highest BCUT2D eigenvalue weighted by molar-refractivity contribution is 6.09. The van der Waals surface area contributed by atoms with Gasteiger partial charge in [-0.1, -0.05) is 37.3 Å². The molecule has 2 atom stereocenters. The second kappa shape index (κ2) is 8.70. The lowest BCUT2D eigenvalue weighted by molar-refractivity contribution is 0.0940. The third kappa shape index (κ3) is 4.22. The number of aromatic amines is 1. The van der Waals surface area contributed by atoms with Gasteiger partial charge in [-0.25, -0.2) is 0 Å². The Labute approximate surface area is 164 Å². The molecular formula is C22H24N4O2. The Bertz CT molecular complexity index is 1000. The fourth-order valence-electron chi connectivity index (χ4n) is 3.24. The molecule has 28 heavy (non-hydrogen) atoms. The van der Waals surface area contributed by atoms with Crippen LogP contribution in [0.2, 0.25) is 0 Å². The number of aliphatic hydroxyl groups is 1. The molecule has 0 saturated carbocycles. The Morgan fingerprint density at radius 1 is 1.25 bits per heavy atom. The van der Waals surface area contributed by atoms with Crippen molar-refractivity contribution in [2.45, 2.75) is 31.9 Å². The summed E-state index contributed by atoms with van der Waals surface area (Å²) in [5.74, 6) is -0.253. The number of H-pyrrole nitrogens is 1. The van der Waals surface area contributed by atoms with Gasteiger partial charge in [0.2, 0.25) is 0 Å². The number of amides is 1. The van der Waals surface area contributed by atoms with Gasteiger partial charge in [-0.05, 0) is 36.6 Å². The number of aliphatic hydroxyl groups excluding tert-OH is 1. The van der Waals surface area contributed by atoms with Crippen LogP contribution in [0.3, 0.4) is 0 Å². The quantitative estimate of drug-likeness (QED) is 0.507. The third-order valence-corrected chi connectivity index (χ3v) is 4.81. The number of para-hydroxylation sites is 1. The predicted octanol–water partition coefficient (Wildman–Crippen LogP) is 2.92. The van der Waals surface area contributed by atoms with E-state index in [1.165, 1.54) is 0 Å². The molecule has 2 aromatic carbocycles. The van der Waals surface area contributed by atoms with E-state index in [0.29, 0.717) is 24.1 Å². The molecule has 1 aromatic heterocycles. The average Bonchev–Trinajstić information content (AvgIpc) is 3.11. The number of carbonyl (C=O) groups excluding carboxylic acids is 1. The van der Waals surface area contributed by atoms with E-state index in [1.807, 2.05) is 43.3 Å². The molecule has 3 aromatic rings. The largest absolute Gasteiger partial charge is 0.393 e. The second-order valence-corrected chi connectivity index (χ2v) is 6.88. The first-order valence-electron chi connectivity index (χ1n) is 9.36. The topological polar surface area (TPSA) is 115 Å². The highest BCUT2D eigenvalue weighted by Gasteiger charge is 2.20. The maximum Gasteiger partial charge on any atom is 0.268 e. The SMILES string of the molecule is CCC(O)C[C@H](N)CNC(=O)c1[nH]c2ccccc2c1-c1ccc(C#N)cc1. The van der Waals surface area contributed by atoms with E-state index >= 15 is 0 Å². The van der Waals surface area contributed by atoms with Gasteiger partial charge in [0.05, 0.1) is 17.7 Å². The summed E-state index contributed by atoms with van der Waals surface area (Å²) in [6.45, 7) is 2.17. The molecule has 1 unspecified atom stereocenters. The molecule has 6 heteroatoms. The smallest absolute Gasteiger partial charge is 0.268 e. The maximum absolute atomic E-state index is 12.9. The molecule has 0 spiro atoms. The van der Waals surface area contributed by atoms with E-state index in [0.717, 1.165) is 22.0 Å².